The molecule has 0 unspecified atom stereocenters. The Morgan fingerprint density at radius 1 is 1.41 bits per heavy atom. The number of carbonyl (C=O) groups is 2. The number of hydrogen-bond donors (Lipinski definition) is 2. The van der Waals surface area contributed by atoms with Crippen molar-refractivity contribution in [1.82, 2.24) is 5.32 Å². The van der Waals surface area contributed by atoms with E-state index in [9.17, 15) is 19.1 Å². The van der Waals surface area contributed by atoms with Gasteiger partial charge in [0, 0.05) is 0 Å². The Kier molecular flexibility index (Phi) is 8.71. The molecular formula is C17H21BrFNO5S2. The fourth-order valence-electron chi connectivity index (χ4n) is 2.50. The van der Waals surface area contributed by atoms with Gasteiger partial charge in [-0.05, 0) is 42.7 Å². The highest BCUT2D eigenvalue weighted by Crippen LogP contribution is 2.40. The molecule has 1 heterocycles. The highest BCUT2D eigenvalue weighted by molar-refractivity contribution is 9.11. The third-order valence-electron chi connectivity index (χ3n) is 3.98. The Balaban J connectivity index is 2.08. The maximum Gasteiger partial charge on any atom is 0.338 e. The van der Waals surface area contributed by atoms with Crippen molar-refractivity contribution in [3.8, 4) is 5.75 Å². The van der Waals surface area contributed by atoms with Crippen LogP contribution in [0.15, 0.2) is 24.3 Å². The molecule has 27 heavy (non-hydrogen) atoms. The zero-order chi connectivity index (χ0) is 20.0. The number of carbonyl (C=O) groups excluding carboxylic acids is 1. The maximum atomic E-state index is 14.6. The molecule has 0 bridgehead atoms. The zero-order valence-electron chi connectivity index (χ0n) is 14.8. The van der Waals surface area contributed by atoms with E-state index < -0.39 is 39.8 Å². The van der Waals surface area contributed by atoms with Gasteiger partial charge in [-0.2, -0.15) is 11.8 Å². The van der Waals surface area contributed by atoms with Crippen LogP contribution in [0.4, 0.5) is 4.39 Å². The van der Waals surface area contributed by atoms with Gasteiger partial charge in [-0.3, -0.25) is 10.1 Å². The molecule has 0 aromatic heterocycles. The van der Waals surface area contributed by atoms with Crippen molar-refractivity contribution in [1.29, 1.82) is 0 Å². The summed E-state index contributed by atoms with van der Waals surface area (Å²) in [6, 6.07) is 5.44. The second-order valence-corrected chi connectivity index (χ2v) is 9.66. The van der Waals surface area contributed by atoms with Crippen LogP contribution in [0.1, 0.15) is 16.8 Å². The number of carboxylic acid groups (broad SMARTS) is 1. The number of rotatable bonds is 9. The number of aliphatic carboxylic acids is 1. The Hall–Kier alpha value is -0.970. The number of nitrogens with one attached hydrogen (secondary N) is 1. The predicted molar refractivity (Wildman–Crippen MR) is 109 cm³/mol. The van der Waals surface area contributed by atoms with E-state index in [1.54, 1.807) is 12.1 Å². The number of hydrogen-bond acceptors (Lipinski definition) is 7. The number of alkyl halides is 2. The van der Waals surface area contributed by atoms with Gasteiger partial charge in [0.05, 0.1) is 22.2 Å². The Labute approximate surface area is 174 Å². The van der Waals surface area contributed by atoms with Crippen molar-refractivity contribution in [3.05, 3.63) is 29.8 Å². The third kappa shape index (κ3) is 6.00. The van der Waals surface area contributed by atoms with Gasteiger partial charge in [-0.15, -0.1) is 11.8 Å². The second kappa shape index (κ2) is 10.5. The molecule has 5 atom stereocenters. The minimum atomic E-state index is -1.47. The molecule has 2 N–H and O–H groups in total. The van der Waals surface area contributed by atoms with E-state index in [0.717, 1.165) is 0 Å². The average molecular weight is 482 g/mol. The molecule has 1 saturated heterocycles. The van der Waals surface area contributed by atoms with Gasteiger partial charge in [0.15, 0.2) is 12.3 Å². The molecule has 1 aliphatic rings. The standard InChI is InChI=1S/C17H21BrFNO5S2/c1-24-10-5-3-9(4-6-10)17(23)25-13-12(19)14(18)27-15(13)20-11(16(21)22)7-8-26-2/h3-6,11-15,20H,7-8H2,1-2H3,(H,21,22)/t11-,12-,13-,14-,15+/m0/s1. The average Bonchev–Trinajstić information content (AvgIpc) is 2.92. The summed E-state index contributed by atoms with van der Waals surface area (Å²) in [6.07, 6.45) is -0.305. The van der Waals surface area contributed by atoms with Crippen LogP contribution in [0.2, 0.25) is 0 Å². The maximum absolute atomic E-state index is 14.6. The van der Waals surface area contributed by atoms with E-state index in [1.807, 2.05) is 6.26 Å². The zero-order valence-corrected chi connectivity index (χ0v) is 18.0. The number of halogens is 2. The Bertz CT molecular complexity index is 651. The highest BCUT2D eigenvalue weighted by atomic mass is 79.9. The summed E-state index contributed by atoms with van der Waals surface area (Å²) in [4.78, 5) is 23.8. The van der Waals surface area contributed by atoms with E-state index in [-0.39, 0.29) is 5.56 Å². The second-order valence-electron chi connectivity index (χ2n) is 5.79. The van der Waals surface area contributed by atoms with E-state index in [0.29, 0.717) is 17.9 Å². The van der Waals surface area contributed by atoms with Crippen molar-refractivity contribution in [2.24, 2.45) is 0 Å². The van der Waals surface area contributed by atoms with E-state index in [2.05, 4.69) is 21.2 Å². The highest BCUT2D eigenvalue weighted by Gasteiger charge is 2.47. The fourth-order valence-corrected chi connectivity index (χ4v) is 5.16. The summed E-state index contributed by atoms with van der Waals surface area (Å²) >= 11 is 5.91. The van der Waals surface area contributed by atoms with Gasteiger partial charge in [0.25, 0.3) is 0 Å². The number of ether oxygens (including phenoxy) is 2. The molecular weight excluding hydrogens is 461 g/mol. The molecule has 0 spiro atoms. The molecule has 0 amide bonds. The van der Waals surface area contributed by atoms with Crippen LogP contribution >= 0.6 is 39.5 Å². The minimum absolute atomic E-state index is 0.266. The topological polar surface area (TPSA) is 84.9 Å². The Morgan fingerprint density at radius 2 is 2.07 bits per heavy atom. The number of carboxylic acids is 1. The summed E-state index contributed by atoms with van der Waals surface area (Å²) in [7, 11) is 1.51. The molecule has 0 saturated carbocycles. The SMILES string of the molecule is COc1ccc(C(=O)O[C@H]2[C@H](F)[C@@H](Br)S[C@H]2N[C@@H](CCSC)C(=O)O)cc1. The van der Waals surface area contributed by atoms with E-state index in [1.165, 1.54) is 42.8 Å². The van der Waals surface area contributed by atoms with E-state index in [4.69, 9.17) is 9.47 Å². The molecule has 1 fully saturated rings. The van der Waals surface area contributed by atoms with Gasteiger partial charge in [0.2, 0.25) is 0 Å². The Morgan fingerprint density at radius 3 is 2.63 bits per heavy atom. The molecule has 150 valence electrons. The summed E-state index contributed by atoms with van der Waals surface area (Å²) in [5.74, 6) is -0.452. The van der Waals surface area contributed by atoms with Crippen LogP contribution in [0.25, 0.3) is 0 Å². The summed E-state index contributed by atoms with van der Waals surface area (Å²) < 4.78 is 24.4. The van der Waals surface area contributed by atoms with Crippen molar-refractivity contribution in [2.75, 3.05) is 19.1 Å². The molecule has 0 radical (unpaired) electrons. The predicted octanol–water partition coefficient (Wildman–Crippen LogP) is 3.15. The summed E-state index contributed by atoms with van der Waals surface area (Å²) in [5.41, 5.74) is 0.266. The molecule has 2 rings (SSSR count). The normalized spacial score (nSPS) is 25.8. The quantitative estimate of drug-likeness (QED) is 0.410. The van der Waals surface area contributed by atoms with Gasteiger partial charge < -0.3 is 14.6 Å². The van der Waals surface area contributed by atoms with Gasteiger partial charge in [-0.1, -0.05) is 15.9 Å². The van der Waals surface area contributed by atoms with Crippen molar-refractivity contribution < 1.29 is 28.6 Å². The van der Waals surface area contributed by atoms with Crippen LogP contribution < -0.4 is 10.1 Å². The van der Waals surface area contributed by atoms with Crippen LogP contribution in [-0.4, -0.2) is 64.0 Å². The van der Waals surface area contributed by atoms with Gasteiger partial charge in [0.1, 0.15) is 11.8 Å². The smallest absolute Gasteiger partial charge is 0.338 e. The molecule has 1 aromatic carbocycles. The lowest BCUT2D eigenvalue weighted by Gasteiger charge is -2.24. The van der Waals surface area contributed by atoms with Crippen LogP contribution in [-0.2, 0) is 9.53 Å². The van der Waals surface area contributed by atoms with Gasteiger partial charge >= 0.3 is 11.9 Å². The lowest BCUT2D eigenvalue weighted by molar-refractivity contribution is -0.139. The first kappa shape index (κ1) is 22.3. The van der Waals surface area contributed by atoms with Crippen molar-refractivity contribution in [3.63, 3.8) is 0 Å². The fraction of sp³-hybridized carbons (Fsp3) is 0.529. The van der Waals surface area contributed by atoms with Crippen LogP contribution in [0.5, 0.6) is 5.75 Å². The molecule has 0 aliphatic carbocycles. The minimum Gasteiger partial charge on any atom is -0.497 e. The largest absolute Gasteiger partial charge is 0.497 e. The monoisotopic (exact) mass is 481 g/mol. The number of esters is 1. The van der Waals surface area contributed by atoms with E-state index >= 15 is 0 Å². The lowest BCUT2D eigenvalue weighted by Crippen LogP contribution is -2.48. The summed E-state index contributed by atoms with van der Waals surface area (Å²) in [6.45, 7) is 0. The first-order valence-electron chi connectivity index (χ1n) is 8.13. The number of thioether (sulfide) groups is 2. The summed E-state index contributed by atoms with van der Waals surface area (Å²) in [5, 5.41) is 11.6. The molecule has 1 aromatic rings. The molecule has 1 aliphatic heterocycles. The first-order valence-corrected chi connectivity index (χ1v) is 11.4. The van der Waals surface area contributed by atoms with Crippen LogP contribution in [0, 0.1) is 0 Å². The van der Waals surface area contributed by atoms with Crippen molar-refractivity contribution >= 4 is 51.4 Å². The molecule has 6 nitrogen and oxygen atoms in total. The van der Waals surface area contributed by atoms with Gasteiger partial charge in [-0.25, -0.2) is 9.18 Å². The molecule has 10 heteroatoms. The lowest BCUT2D eigenvalue weighted by atomic mass is 10.1. The number of benzene rings is 1. The third-order valence-corrected chi connectivity index (χ3v) is 7.00. The van der Waals surface area contributed by atoms with Crippen molar-refractivity contribution in [2.45, 2.75) is 34.3 Å². The van der Waals surface area contributed by atoms with Crippen LogP contribution in [0.3, 0.4) is 0 Å². The first-order chi connectivity index (χ1) is 12.9. The number of methoxy groups -OCH3 is 1.